The second-order valence-corrected chi connectivity index (χ2v) is 19.0. The van der Waals surface area contributed by atoms with Crippen LogP contribution in [0, 0.1) is 0 Å². The lowest BCUT2D eigenvalue weighted by Gasteiger charge is -2.10. The van der Waals surface area contributed by atoms with Gasteiger partial charge in [-0.25, -0.2) is 15.0 Å². The summed E-state index contributed by atoms with van der Waals surface area (Å²) in [4.78, 5) is 122. The maximum Gasteiger partial charge on any atom is 0.292 e. The van der Waals surface area contributed by atoms with Crippen molar-refractivity contribution in [2.75, 3.05) is 86.3 Å². The van der Waals surface area contributed by atoms with E-state index in [4.69, 9.17) is 0 Å². The van der Waals surface area contributed by atoms with Gasteiger partial charge in [-0.15, -0.1) is 0 Å². The molecule has 0 saturated heterocycles. The Hall–Kier alpha value is -9.63. The van der Waals surface area contributed by atoms with Gasteiger partial charge in [0.2, 0.25) is 17.5 Å². The summed E-state index contributed by atoms with van der Waals surface area (Å²) in [6.45, 7) is 2.60. The first-order valence-electron chi connectivity index (χ1n) is 24.5. The lowest BCUT2D eigenvalue weighted by atomic mass is 10.1. The first-order valence-corrected chi connectivity index (χ1v) is 24.5. The van der Waals surface area contributed by atoms with Gasteiger partial charge in [-0.1, -0.05) is 0 Å². The molecule has 8 N–H and O–H groups in total. The van der Waals surface area contributed by atoms with Gasteiger partial charge in [0.05, 0.1) is 17.1 Å². The number of hydrogen-bond acceptors (Lipinski definition) is 13. The van der Waals surface area contributed by atoms with Crippen molar-refractivity contribution < 1.29 is 38.4 Å². The molecule has 0 fully saturated rings. The predicted octanol–water partition coefficient (Wildman–Crippen LogP) is 2.78. The third-order valence-corrected chi connectivity index (χ3v) is 12.0. The van der Waals surface area contributed by atoms with Gasteiger partial charge >= 0.3 is 0 Å². The van der Waals surface area contributed by atoms with Crippen molar-refractivity contribution in [3.63, 3.8) is 0 Å². The van der Waals surface area contributed by atoms with Gasteiger partial charge in [-0.05, 0) is 96.6 Å². The van der Waals surface area contributed by atoms with E-state index in [1.807, 2.05) is 38.0 Å². The number of hydrogen-bond donors (Lipinski definition) is 8. The second-order valence-electron chi connectivity index (χ2n) is 19.0. The van der Waals surface area contributed by atoms with Crippen LogP contribution in [0.5, 0.6) is 0 Å². The third-order valence-electron chi connectivity index (χ3n) is 12.0. The Morgan fingerprint density at radius 3 is 1.06 bits per heavy atom. The number of amides is 8. The molecule has 0 atom stereocenters. The van der Waals surface area contributed by atoms with E-state index in [1.165, 1.54) is 73.3 Å². The molecule has 27 nitrogen and oxygen atoms in total. The molecule has 8 amide bonds. The number of carbonyl (C=O) groups excluding carboxylic acids is 8. The fourth-order valence-corrected chi connectivity index (χ4v) is 8.05. The highest BCUT2D eigenvalue weighted by Gasteiger charge is 2.23. The molecule has 7 aromatic rings. The zero-order valence-corrected chi connectivity index (χ0v) is 44.9. The van der Waals surface area contributed by atoms with Crippen LogP contribution in [0.15, 0.2) is 79.6 Å². The standard InChI is InChI=1S/C51H63N19O8/c1-63(2)19-11-17-52-46(73)35-21-33(25-65(35)5)55-48(75)37-23-34(26-67(37)7)56-47(74)36-22-32(24-66(36)6)54-44(71)30-13-15-31(16-14-30)45(72)60-38-27-69(9)42(58-38)50(77)62-40-29-70(10)43(59-40)51(78)61-39-28-68(8)41(57-39)49(76)53-18-12-20-64(3)4/h13-16,21-29H,11-12,17-20H2,1-10H3,(H,52,73)(H,53,76)(H,54,71)(H,55,75)(H,56,74)(H,60,72)(H,61,78)(H,62,77). The maximum atomic E-state index is 13.4. The van der Waals surface area contributed by atoms with Crippen LogP contribution in [0.3, 0.4) is 0 Å². The van der Waals surface area contributed by atoms with Crippen LogP contribution in [0.2, 0.25) is 0 Å². The van der Waals surface area contributed by atoms with E-state index in [2.05, 4.69) is 57.5 Å². The van der Waals surface area contributed by atoms with Gasteiger partial charge in [0, 0.05) is 104 Å². The largest absolute Gasteiger partial charge is 0.351 e. The molecule has 27 heteroatoms. The molecule has 6 aromatic heterocycles. The Kier molecular flexibility index (Phi) is 17.5. The number of rotatable bonds is 22. The van der Waals surface area contributed by atoms with E-state index in [0.717, 1.165) is 25.9 Å². The molecular formula is C51H63N19O8. The van der Waals surface area contributed by atoms with Crippen LogP contribution in [0.25, 0.3) is 0 Å². The Morgan fingerprint density at radius 1 is 0.385 bits per heavy atom. The van der Waals surface area contributed by atoms with Crippen LogP contribution >= 0.6 is 0 Å². The molecule has 0 aliphatic heterocycles. The number of benzene rings is 1. The van der Waals surface area contributed by atoms with Crippen LogP contribution in [-0.4, -0.2) is 154 Å². The highest BCUT2D eigenvalue weighted by Crippen LogP contribution is 2.21. The number of imidazole rings is 3. The smallest absolute Gasteiger partial charge is 0.292 e. The lowest BCUT2D eigenvalue weighted by Crippen LogP contribution is -2.29. The van der Waals surface area contributed by atoms with E-state index in [0.29, 0.717) is 35.8 Å². The molecule has 0 aliphatic rings. The Morgan fingerprint density at radius 2 is 0.692 bits per heavy atom. The summed E-state index contributed by atoms with van der Waals surface area (Å²) in [5.74, 6) is -3.83. The molecule has 6 heterocycles. The van der Waals surface area contributed by atoms with Gasteiger partial charge in [0.25, 0.3) is 47.3 Å². The number of aryl methyl sites for hydroxylation is 6. The number of nitrogens with zero attached hydrogens (tertiary/aromatic N) is 11. The third kappa shape index (κ3) is 14.0. The highest BCUT2D eigenvalue weighted by atomic mass is 16.2. The summed E-state index contributed by atoms with van der Waals surface area (Å²) in [6.07, 6.45) is 10.7. The second kappa shape index (κ2) is 24.4. The number of anilines is 6. The number of nitrogens with one attached hydrogen (secondary N) is 8. The van der Waals surface area contributed by atoms with Gasteiger partial charge in [-0.2, -0.15) is 0 Å². The van der Waals surface area contributed by atoms with Crippen molar-refractivity contribution in [1.82, 2.24) is 62.8 Å². The zero-order valence-electron chi connectivity index (χ0n) is 44.9. The fraction of sp³-hybridized carbons (Fsp3) is 0.314. The SMILES string of the molecule is CN(C)CCCNC(=O)c1cc(NC(=O)c2cc(NC(=O)c3cc(NC(=O)c4ccc(C(=O)Nc5cn(C)c(C(=O)Nc6cn(C)c(C(=O)Nc7cn(C)c(C(=O)NCCCN(C)C)n7)n6)n5)cc4)cn3C)cn2C)cn1C. The summed E-state index contributed by atoms with van der Waals surface area (Å²) >= 11 is 0. The van der Waals surface area contributed by atoms with Crippen LogP contribution < -0.4 is 42.5 Å². The summed E-state index contributed by atoms with van der Waals surface area (Å²) in [5.41, 5.74) is 2.32. The molecule has 78 heavy (non-hydrogen) atoms. The summed E-state index contributed by atoms with van der Waals surface area (Å²) < 4.78 is 9.01. The van der Waals surface area contributed by atoms with Gasteiger partial charge in [-0.3, -0.25) is 38.4 Å². The van der Waals surface area contributed by atoms with E-state index >= 15 is 0 Å². The summed E-state index contributed by atoms with van der Waals surface area (Å²) in [7, 11) is 17.6. The van der Waals surface area contributed by atoms with Crippen molar-refractivity contribution in [3.8, 4) is 0 Å². The van der Waals surface area contributed by atoms with E-state index in [1.54, 1.807) is 76.1 Å². The highest BCUT2D eigenvalue weighted by molar-refractivity contribution is 6.10. The zero-order chi connectivity index (χ0) is 56.5. The predicted molar refractivity (Wildman–Crippen MR) is 291 cm³/mol. The average molecular weight is 1070 g/mol. The molecule has 410 valence electrons. The normalized spacial score (nSPS) is 11.1. The van der Waals surface area contributed by atoms with Crippen molar-refractivity contribution in [2.45, 2.75) is 12.8 Å². The Bertz CT molecular complexity index is 3180. The quantitative estimate of drug-likeness (QED) is 0.0454. The lowest BCUT2D eigenvalue weighted by molar-refractivity contribution is 0.0932. The van der Waals surface area contributed by atoms with Crippen molar-refractivity contribution >= 4 is 81.8 Å². The molecule has 0 saturated carbocycles. The maximum absolute atomic E-state index is 13.4. The van der Waals surface area contributed by atoms with E-state index < -0.39 is 35.4 Å². The molecule has 0 unspecified atom stereocenters. The number of carbonyl (C=O) groups is 8. The molecule has 0 aliphatic carbocycles. The van der Waals surface area contributed by atoms with Crippen molar-refractivity contribution in [3.05, 3.63) is 125 Å². The Balaban J connectivity index is 0.882. The van der Waals surface area contributed by atoms with Crippen molar-refractivity contribution in [2.24, 2.45) is 42.3 Å². The number of aromatic nitrogens is 9. The molecule has 7 rings (SSSR count). The molecule has 0 spiro atoms. The van der Waals surface area contributed by atoms with E-state index in [-0.39, 0.29) is 69.3 Å². The van der Waals surface area contributed by atoms with Crippen LogP contribution in [0.4, 0.5) is 34.5 Å². The van der Waals surface area contributed by atoms with Crippen LogP contribution in [-0.2, 0) is 42.3 Å². The van der Waals surface area contributed by atoms with E-state index in [9.17, 15) is 38.4 Å². The minimum Gasteiger partial charge on any atom is -0.351 e. The minimum atomic E-state index is -0.683. The van der Waals surface area contributed by atoms with Gasteiger partial charge < -0.3 is 79.7 Å². The summed E-state index contributed by atoms with van der Waals surface area (Å²) in [5, 5.41) is 21.9. The molecule has 1 aromatic carbocycles. The molecule has 0 bridgehead atoms. The first-order chi connectivity index (χ1) is 37.0. The molecule has 0 radical (unpaired) electrons. The minimum absolute atomic E-state index is 0.0410. The fourth-order valence-electron chi connectivity index (χ4n) is 8.05. The van der Waals surface area contributed by atoms with Crippen LogP contribution in [0.1, 0.15) is 96.9 Å². The van der Waals surface area contributed by atoms with Gasteiger partial charge in [0.15, 0.2) is 17.5 Å². The Labute approximate surface area is 448 Å². The summed E-state index contributed by atoms with van der Waals surface area (Å²) in [6, 6.07) is 10.4. The van der Waals surface area contributed by atoms with Gasteiger partial charge in [0.1, 0.15) is 17.1 Å². The molecular weight excluding hydrogens is 1010 g/mol. The van der Waals surface area contributed by atoms with Crippen molar-refractivity contribution in [1.29, 1.82) is 0 Å². The average Bonchev–Trinajstić information content (AvgIpc) is 4.25. The first kappa shape index (κ1) is 56.1. The monoisotopic (exact) mass is 1070 g/mol. The topological polar surface area (TPSA) is 308 Å².